The number of anilines is 2. The lowest BCUT2D eigenvalue weighted by Gasteiger charge is -2.32. The van der Waals surface area contributed by atoms with Crippen LogP contribution in [-0.2, 0) is 0 Å². The van der Waals surface area contributed by atoms with Crippen LogP contribution in [0.2, 0.25) is 19.6 Å². The van der Waals surface area contributed by atoms with Crippen molar-refractivity contribution in [3.05, 3.63) is 23.8 Å². The number of benzene rings is 1. The van der Waals surface area contributed by atoms with Crippen molar-refractivity contribution in [2.24, 2.45) is 0 Å². The van der Waals surface area contributed by atoms with Crippen molar-refractivity contribution in [2.45, 2.75) is 44.6 Å². The minimum Gasteiger partial charge on any atom is -1.00 e. The van der Waals surface area contributed by atoms with Gasteiger partial charge in [0.15, 0.2) is 0 Å². The van der Waals surface area contributed by atoms with E-state index < -0.39 is 8.07 Å². The second-order valence-corrected chi connectivity index (χ2v) is 14.5. The Morgan fingerprint density at radius 3 is 2.30 bits per heavy atom. The smallest absolute Gasteiger partial charge is 0.108 e. The van der Waals surface area contributed by atoms with Gasteiger partial charge in [-0.05, 0) is 29.3 Å². The molecule has 2 atom stereocenters. The summed E-state index contributed by atoms with van der Waals surface area (Å²) in [4.78, 5) is 2.54. The van der Waals surface area contributed by atoms with Crippen molar-refractivity contribution in [1.82, 2.24) is 0 Å². The van der Waals surface area contributed by atoms with Gasteiger partial charge in [-0.2, -0.15) is 0 Å². The zero-order chi connectivity index (χ0) is 16.7. The molecule has 0 saturated carbocycles. The molecule has 1 heterocycles. The molecule has 1 aliphatic heterocycles. The molecular formula is C18H34ClN3Si. The summed E-state index contributed by atoms with van der Waals surface area (Å²) in [6.07, 6.45) is 1.27. The number of rotatable bonds is 4. The fourth-order valence-electron chi connectivity index (χ4n) is 3.21. The van der Waals surface area contributed by atoms with Gasteiger partial charge in [-0.3, -0.25) is 0 Å². The first-order valence-corrected chi connectivity index (χ1v) is 12.0. The van der Waals surface area contributed by atoms with E-state index >= 15 is 0 Å². The molecule has 3 nitrogen and oxygen atoms in total. The summed E-state index contributed by atoms with van der Waals surface area (Å²) >= 11 is 0. The average Bonchev–Trinajstić information content (AvgIpc) is 2.87. The first-order valence-electron chi connectivity index (χ1n) is 8.45. The Morgan fingerprint density at radius 2 is 1.83 bits per heavy atom. The lowest BCUT2D eigenvalue weighted by molar-refractivity contribution is -0.893. The van der Waals surface area contributed by atoms with E-state index in [2.05, 4.69) is 70.8 Å². The first-order chi connectivity index (χ1) is 10.00. The van der Waals surface area contributed by atoms with Crippen LogP contribution in [0.4, 0.5) is 11.4 Å². The number of hydrogen-bond acceptors (Lipinski definition) is 2. The van der Waals surface area contributed by atoms with Crippen molar-refractivity contribution >= 4 is 19.4 Å². The normalized spacial score (nSPS) is 20.3. The van der Waals surface area contributed by atoms with Gasteiger partial charge in [-0.25, -0.2) is 0 Å². The Labute approximate surface area is 149 Å². The molecule has 0 aliphatic carbocycles. The number of nitrogens with two attached hydrogens (primary N) is 1. The Kier molecular flexibility index (Phi) is 6.22. The van der Waals surface area contributed by atoms with Crippen LogP contribution >= 0.6 is 0 Å². The topological polar surface area (TPSA) is 29.3 Å². The monoisotopic (exact) mass is 355 g/mol. The second kappa shape index (κ2) is 7.04. The van der Waals surface area contributed by atoms with E-state index in [4.69, 9.17) is 5.73 Å². The SMILES string of the molecule is CC(c1cc(N2CCC([N+](C)(C)C)C2)ccc1N)[Si](C)(C)C.[Cl-]. The standard InChI is InChI=1S/C18H34N3Si.ClH/c1-14(22(5,6)7)17-12-15(8-9-18(17)19)20-11-10-16(13-20)21(2,3)4;/h8-9,12,14,16H,10-11,13,19H2,1-7H3;1H/q+1;/p-1. The largest absolute Gasteiger partial charge is 1.00 e. The number of halogens is 1. The van der Waals surface area contributed by atoms with Gasteiger partial charge in [0.05, 0.1) is 35.8 Å². The molecule has 0 amide bonds. The molecule has 0 radical (unpaired) electrons. The van der Waals surface area contributed by atoms with Gasteiger partial charge in [0.25, 0.3) is 0 Å². The van der Waals surface area contributed by atoms with Crippen LogP contribution in [0.1, 0.15) is 24.4 Å². The quantitative estimate of drug-likeness (QED) is 0.485. The van der Waals surface area contributed by atoms with E-state index in [1.807, 2.05) is 0 Å². The maximum Gasteiger partial charge on any atom is 0.108 e. The summed E-state index contributed by atoms with van der Waals surface area (Å²) in [6.45, 7) is 11.9. The summed E-state index contributed by atoms with van der Waals surface area (Å²) < 4.78 is 1.05. The minimum absolute atomic E-state index is 0. The van der Waals surface area contributed by atoms with Gasteiger partial charge in [0.1, 0.15) is 6.04 Å². The maximum absolute atomic E-state index is 6.28. The van der Waals surface area contributed by atoms with E-state index in [-0.39, 0.29) is 12.4 Å². The maximum atomic E-state index is 6.28. The van der Waals surface area contributed by atoms with Gasteiger partial charge in [-0.15, -0.1) is 0 Å². The Balaban J connectivity index is 0.00000264. The van der Waals surface area contributed by atoms with E-state index in [0.717, 1.165) is 29.3 Å². The fraction of sp³-hybridized carbons (Fsp3) is 0.667. The molecule has 1 saturated heterocycles. The summed E-state index contributed by atoms with van der Waals surface area (Å²) in [7, 11) is 5.66. The molecule has 0 spiro atoms. The molecule has 2 N–H and O–H groups in total. The van der Waals surface area contributed by atoms with Crippen LogP contribution in [0.5, 0.6) is 0 Å². The van der Waals surface area contributed by atoms with Crippen LogP contribution < -0.4 is 23.0 Å². The molecule has 132 valence electrons. The van der Waals surface area contributed by atoms with Gasteiger partial charge in [-0.1, -0.05) is 26.6 Å². The predicted octanol–water partition coefficient (Wildman–Crippen LogP) is 0.539. The number of quaternary nitrogens is 1. The van der Waals surface area contributed by atoms with Gasteiger partial charge in [0, 0.05) is 24.3 Å². The average molecular weight is 356 g/mol. The lowest BCUT2D eigenvalue weighted by atomic mass is 10.1. The zero-order valence-corrected chi connectivity index (χ0v) is 17.6. The molecule has 2 unspecified atom stereocenters. The predicted molar refractivity (Wildman–Crippen MR) is 101 cm³/mol. The molecule has 2 rings (SSSR count). The van der Waals surface area contributed by atoms with E-state index in [9.17, 15) is 0 Å². The molecular weight excluding hydrogens is 322 g/mol. The Hall–Kier alpha value is -0.713. The van der Waals surface area contributed by atoms with Gasteiger partial charge < -0.3 is 27.5 Å². The number of likely N-dealkylation sites (N-methyl/N-ethyl adjacent to an activating group) is 1. The lowest BCUT2D eigenvalue weighted by Crippen LogP contribution is -3.00. The summed E-state index contributed by atoms with van der Waals surface area (Å²) in [5.41, 5.74) is 10.5. The summed E-state index contributed by atoms with van der Waals surface area (Å²) in [6, 6.07) is 7.39. The third-order valence-electron chi connectivity index (χ3n) is 5.46. The van der Waals surface area contributed by atoms with Crippen LogP contribution in [-0.4, -0.2) is 52.8 Å². The highest BCUT2D eigenvalue weighted by Gasteiger charge is 2.33. The summed E-state index contributed by atoms with van der Waals surface area (Å²) in [5, 5.41) is 0. The van der Waals surface area contributed by atoms with Crippen molar-refractivity contribution in [1.29, 1.82) is 0 Å². The molecule has 1 aromatic rings. The highest BCUT2D eigenvalue weighted by Crippen LogP contribution is 2.34. The molecule has 1 aliphatic rings. The number of nitrogens with zero attached hydrogens (tertiary/aromatic N) is 2. The van der Waals surface area contributed by atoms with Crippen LogP contribution in [0.25, 0.3) is 0 Å². The number of hydrogen-bond donors (Lipinski definition) is 1. The first kappa shape index (κ1) is 20.3. The Bertz CT molecular complexity index is 534. The van der Waals surface area contributed by atoms with Crippen LogP contribution in [0.3, 0.4) is 0 Å². The van der Waals surface area contributed by atoms with Gasteiger partial charge >= 0.3 is 0 Å². The zero-order valence-electron chi connectivity index (χ0n) is 15.9. The number of nitrogen functional groups attached to an aromatic ring is 1. The van der Waals surface area contributed by atoms with Crippen LogP contribution in [0.15, 0.2) is 18.2 Å². The molecule has 0 aromatic heterocycles. The van der Waals surface area contributed by atoms with Gasteiger partial charge in [0.2, 0.25) is 0 Å². The minimum atomic E-state index is -1.24. The van der Waals surface area contributed by atoms with Crippen molar-refractivity contribution in [2.75, 3.05) is 44.9 Å². The molecule has 1 fully saturated rings. The third-order valence-corrected chi connectivity index (χ3v) is 8.37. The van der Waals surface area contributed by atoms with Crippen LogP contribution in [0, 0.1) is 0 Å². The molecule has 5 heteroatoms. The van der Waals surface area contributed by atoms with Crippen molar-refractivity contribution < 1.29 is 16.9 Å². The Morgan fingerprint density at radius 1 is 1.22 bits per heavy atom. The van der Waals surface area contributed by atoms with E-state index in [1.165, 1.54) is 17.7 Å². The fourth-order valence-corrected chi connectivity index (χ4v) is 4.39. The molecule has 0 bridgehead atoms. The molecule has 1 aromatic carbocycles. The summed E-state index contributed by atoms with van der Waals surface area (Å²) in [5.74, 6) is 0. The molecule has 23 heavy (non-hydrogen) atoms. The second-order valence-electron chi connectivity index (χ2n) is 8.91. The van der Waals surface area contributed by atoms with E-state index in [0.29, 0.717) is 5.54 Å². The van der Waals surface area contributed by atoms with Crippen molar-refractivity contribution in [3.63, 3.8) is 0 Å². The highest BCUT2D eigenvalue weighted by molar-refractivity contribution is 6.77. The highest BCUT2D eigenvalue weighted by atomic mass is 35.5. The van der Waals surface area contributed by atoms with Crippen molar-refractivity contribution in [3.8, 4) is 0 Å². The third kappa shape index (κ3) is 4.65. The van der Waals surface area contributed by atoms with E-state index in [1.54, 1.807) is 0 Å².